The molecule has 0 amide bonds. The van der Waals surface area contributed by atoms with Crippen molar-refractivity contribution in [3.8, 4) is 11.5 Å². The number of benzene rings is 2. The average Bonchev–Trinajstić information content (AvgIpc) is 3.05. The minimum absolute atomic E-state index is 0.0873. The molecule has 26 heavy (non-hydrogen) atoms. The Kier molecular flexibility index (Phi) is 4.85. The quantitative estimate of drug-likeness (QED) is 0.287. The fourth-order valence-electron chi connectivity index (χ4n) is 2.50. The van der Waals surface area contributed by atoms with E-state index in [2.05, 4.69) is 0 Å². The Hall–Kier alpha value is -3.39. The maximum absolute atomic E-state index is 12.5. The third kappa shape index (κ3) is 3.35. The normalized spacial score (nSPS) is 10.7. The molecule has 0 radical (unpaired) electrons. The van der Waals surface area contributed by atoms with Crippen LogP contribution in [0.25, 0.3) is 11.0 Å². The highest BCUT2D eigenvalue weighted by Crippen LogP contribution is 2.32. The van der Waals surface area contributed by atoms with E-state index < -0.39 is 10.9 Å². The van der Waals surface area contributed by atoms with Crippen molar-refractivity contribution in [1.29, 1.82) is 0 Å². The number of carbonyl (C=O) groups is 1. The number of ether oxygens (including phenoxy) is 3. The molecule has 3 rings (SSSR count). The summed E-state index contributed by atoms with van der Waals surface area (Å²) >= 11 is 0. The predicted molar refractivity (Wildman–Crippen MR) is 91.5 cm³/mol. The lowest BCUT2D eigenvalue weighted by Gasteiger charge is -2.07. The molecule has 0 N–H and O–H groups in total. The summed E-state index contributed by atoms with van der Waals surface area (Å²) in [5.74, 6) is 0.604. The molecule has 0 saturated heterocycles. The lowest BCUT2D eigenvalue weighted by molar-refractivity contribution is -0.384. The number of non-ortho nitro benzene ring substituents is 1. The Labute approximate surface area is 148 Å². The molecule has 8 nitrogen and oxygen atoms in total. The van der Waals surface area contributed by atoms with Gasteiger partial charge in [0.25, 0.3) is 5.69 Å². The average molecular weight is 357 g/mol. The number of hydrogen-bond donors (Lipinski definition) is 0. The van der Waals surface area contributed by atoms with Gasteiger partial charge in [-0.15, -0.1) is 0 Å². The number of methoxy groups -OCH3 is 2. The highest BCUT2D eigenvalue weighted by Gasteiger charge is 2.19. The molecule has 0 spiro atoms. The summed E-state index contributed by atoms with van der Waals surface area (Å²) in [4.78, 5) is 22.7. The Morgan fingerprint density at radius 1 is 1.15 bits per heavy atom. The number of furan rings is 1. The summed E-state index contributed by atoms with van der Waals surface area (Å²) < 4.78 is 21.3. The van der Waals surface area contributed by atoms with Crippen LogP contribution < -0.4 is 9.47 Å². The van der Waals surface area contributed by atoms with Crippen molar-refractivity contribution in [1.82, 2.24) is 0 Å². The standard InChI is InChI=1S/C18H15NO7/c1-23-10-13-9-15-14(7-8-16(24-2)17(15)25-13)18(20)26-12-5-3-11(4-6-12)19(21)22/h3-9H,10H2,1-2H3. The number of rotatable bonds is 6. The van der Waals surface area contributed by atoms with Gasteiger partial charge in [0.15, 0.2) is 11.3 Å². The number of nitro groups is 1. The summed E-state index contributed by atoms with van der Waals surface area (Å²) in [5, 5.41) is 11.2. The molecule has 0 fully saturated rings. The second kappa shape index (κ2) is 7.24. The molecule has 134 valence electrons. The third-order valence-corrected chi connectivity index (χ3v) is 3.68. The second-order valence-corrected chi connectivity index (χ2v) is 5.34. The molecule has 0 aliphatic carbocycles. The van der Waals surface area contributed by atoms with Gasteiger partial charge in [-0.3, -0.25) is 10.1 Å². The third-order valence-electron chi connectivity index (χ3n) is 3.68. The zero-order valence-electron chi connectivity index (χ0n) is 14.1. The van der Waals surface area contributed by atoms with Gasteiger partial charge in [0.2, 0.25) is 0 Å². The van der Waals surface area contributed by atoms with Crippen LogP contribution in [-0.4, -0.2) is 25.1 Å². The van der Waals surface area contributed by atoms with Gasteiger partial charge in [-0.05, 0) is 30.3 Å². The predicted octanol–water partition coefficient (Wildman–Crippen LogP) is 3.72. The molecule has 0 aliphatic heterocycles. The van der Waals surface area contributed by atoms with E-state index in [9.17, 15) is 14.9 Å². The summed E-state index contributed by atoms with van der Waals surface area (Å²) in [6.45, 7) is 0.245. The summed E-state index contributed by atoms with van der Waals surface area (Å²) in [6.07, 6.45) is 0. The SMILES string of the molecule is COCc1cc2c(C(=O)Oc3ccc([N+](=O)[O-])cc3)ccc(OC)c2o1. The Morgan fingerprint density at radius 3 is 2.50 bits per heavy atom. The number of esters is 1. The van der Waals surface area contributed by atoms with E-state index in [4.69, 9.17) is 18.6 Å². The van der Waals surface area contributed by atoms with Crippen LogP contribution in [0.15, 0.2) is 46.9 Å². The van der Waals surface area contributed by atoms with Crippen LogP contribution in [0.1, 0.15) is 16.1 Å². The van der Waals surface area contributed by atoms with E-state index in [0.29, 0.717) is 22.5 Å². The maximum Gasteiger partial charge on any atom is 0.344 e. The van der Waals surface area contributed by atoms with Crippen LogP contribution in [0.4, 0.5) is 5.69 Å². The van der Waals surface area contributed by atoms with Crippen LogP contribution in [0.3, 0.4) is 0 Å². The molecular weight excluding hydrogens is 342 g/mol. The van der Waals surface area contributed by atoms with Crippen molar-refractivity contribution in [2.75, 3.05) is 14.2 Å². The van der Waals surface area contributed by atoms with Crippen molar-refractivity contribution < 1.29 is 28.3 Å². The summed E-state index contributed by atoms with van der Waals surface area (Å²) in [5.41, 5.74) is 0.610. The molecule has 2 aromatic carbocycles. The molecule has 0 unspecified atom stereocenters. The van der Waals surface area contributed by atoms with Crippen molar-refractivity contribution in [2.45, 2.75) is 6.61 Å². The minimum atomic E-state index is -0.615. The van der Waals surface area contributed by atoms with Crippen LogP contribution in [0.5, 0.6) is 11.5 Å². The zero-order valence-corrected chi connectivity index (χ0v) is 14.1. The molecule has 3 aromatic rings. The molecule has 1 heterocycles. The molecule has 1 aromatic heterocycles. The van der Waals surface area contributed by atoms with Gasteiger partial charge in [-0.25, -0.2) is 4.79 Å². The van der Waals surface area contributed by atoms with E-state index in [1.807, 2.05) is 0 Å². The number of fused-ring (bicyclic) bond motifs is 1. The fraction of sp³-hybridized carbons (Fsp3) is 0.167. The van der Waals surface area contributed by atoms with E-state index in [1.54, 1.807) is 18.2 Å². The van der Waals surface area contributed by atoms with Gasteiger partial charge in [0, 0.05) is 24.6 Å². The number of carbonyl (C=O) groups excluding carboxylic acids is 1. The summed E-state index contributed by atoms with van der Waals surface area (Å²) in [7, 11) is 3.04. The Morgan fingerprint density at radius 2 is 1.88 bits per heavy atom. The molecule has 8 heteroatoms. The first-order valence-electron chi connectivity index (χ1n) is 7.58. The Bertz CT molecular complexity index is 960. The second-order valence-electron chi connectivity index (χ2n) is 5.34. The van der Waals surface area contributed by atoms with Gasteiger partial charge in [0.1, 0.15) is 18.1 Å². The van der Waals surface area contributed by atoms with Crippen LogP contribution >= 0.6 is 0 Å². The maximum atomic E-state index is 12.5. The largest absolute Gasteiger partial charge is 0.493 e. The van der Waals surface area contributed by atoms with Crippen molar-refractivity contribution in [3.63, 3.8) is 0 Å². The van der Waals surface area contributed by atoms with Crippen LogP contribution in [0.2, 0.25) is 0 Å². The lowest BCUT2D eigenvalue weighted by Crippen LogP contribution is -2.09. The van der Waals surface area contributed by atoms with E-state index >= 15 is 0 Å². The Balaban J connectivity index is 1.93. The molecule has 0 atom stereocenters. The lowest BCUT2D eigenvalue weighted by atomic mass is 10.1. The van der Waals surface area contributed by atoms with Gasteiger partial charge < -0.3 is 18.6 Å². The smallest absolute Gasteiger partial charge is 0.344 e. The number of nitrogens with zero attached hydrogens (tertiary/aromatic N) is 1. The summed E-state index contributed by atoms with van der Waals surface area (Å²) in [6, 6.07) is 10.1. The topological polar surface area (TPSA) is 101 Å². The molecule has 0 saturated carbocycles. The van der Waals surface area contributed by atoms with Crippen molar-refractivity contribution in [3.05, 3.63) is 63.9 Å². The number of hydrogen-bond acceptors (Lipinski definition) is 7. The molecule has 0 bridgehead atoms. The first kappa shape index (κ1) is 17.4. The van der Waals surface area contributed by atoms with Crippen LogP contribution in [0, 0.1) is 10.1 Å². The monoisotopic (exact) mass is 357 g/mol. The highest BCUT2D eigenvalue weighted by atomic mass is 16.6. The minimum Gasteiger partial charge on any atom is -0.493 e. The van der Waals surface area contributed by atoms with Crippen LogP contribution in [-0.2, 0) is 11.3 Å². The number of nitro benzene ring substituents is 1. The van der Waals surface area contributed by atoms with Crippen molar-refractivity contribution in [2.24, 2.45) is 0 Å². The van der Waals surface area contributed by atoms with E-state index in [1.165, 1.54) is 38.5 Å². The van der Waals surface area contributed by atoms with Gasteiger partial charge in [0.05, 0.1) is 17.6 Å². The van der Waals surface area contributed by atoms with Gasteiger partial charge in [-0.1, -0.05) is 0 Å². The molecule has 0 aliphatic rings. The first-order valence-corrected chi connectivity index (χ1v) is 7.58. The fourth-order valence-corrected chi connectivity index (χ4v) is 2.50. The van der Waals surface area contributed by atoms with Gasteiger partial charge >= 0.3 is 5.97 Å². The first-order chi connectivity index (χ1) is 12.5. The molecular formula is C18H15NO7. The van der Waals surface area contributed by atoms with E-state index in [0.717, 1.165) is 0 Å². The zero-order chi connectivity index (χ0) is 18.7. The van der Waals surface area contributed by atoms with E-state index in [-0.39, 0.29) is 23.6 Å². The van der Waals surface area contributed by atoms with Gasteiger partial charge in [-0.2, -0.15) is 0 Å². The van der Waals surface area contributed by atoms with Crippen molar-refractivity contribution >= 4 is 22.6 Å². The highest BCUT2D eigenvalue weighted by molar-refractivity contribution is 6.05.